The fourth-order valence-corrected chi connectivity index (χ4v) is 13.9. The summed E-state index contributed by atoms with van der Waals surface area (Å²) >= 11 is 0. The molecular weight excluding hydrogens is 977 g/mol. The molecule has 0 radical (unpaired) electrons. The van der Waals surface area contributed by atoms with E-state index in [2.05, 4.69) is 279 Å². The van der Waals surface area contributed by atoms with Crippen molar-refractivity contribution in [3.05, 3.63) is 230 Å². The average molecular weight is 1030 g/mol. The van der Waals surface area contributed by atoms with Gasteiger partial charge in [-0.3, -0.25) is 0 Å². The van der Waals surface area contributed by atoms with Gasteiger partial charge >= 0.3 is 0 Å². The van der Waals surface area contributed by atoms with Crippen LogP contribution in [0.25, 0.3) is 120 Å². The second kappa shape index (κ2) is 15.9. The van der Waals surface area contributed by atoms with Crippen molar-refractivity contribution in [3.63, 3.8) is 0 Å². The third-order valence-corrected chi connectivity index (χ3v) is 17.4. The van der Waals surface area contributed by atoms with Gasteiger partial charge in [0, 0.05) is 98.5 Å². The summed E-state index contributed by atoms with van der Waals surface area (Å²) in [5.74, 6) is 0. The number of para-hydroxylation sites is 8. The molecule has 0 saturated carbocycles. The molecule has 0 unspecified atom stereocenters. The van der Waals surface area contributed by atoms with Gasteiger partial charge in [-0.1, -0.05) is 175 Å². The number of hydrogen-bond donors (Lipinski definition) is 0. The van der Waals surface area contributed by atoms with Crippen LogP contribution < -0.4 is 9.80 Å². The van der Waals surface area contributed by atoms with Crippen molar-refractivity contribution in [3.8, 4) is 0 Å². The Morgan fingerprint density at radius 1 is 0.275 bits per heavy atom. The highest BCUT2D eigenvalue weighted by atomic mass is 16.3. The zero-order valence-electron chi connectivity index (χ0n) is 45.4. The summed E-state index contributed by atoms with van der Waals surface area (Å²) in [5.41, 5.74) is 19.5. The van der Waals surface area contributed by atoms with Gasteiger partial charge < -0.3 is 27.4 Å². The number of fused-ring (bicyclic) bond motifs is 18. The minimum absolute atomic E-state index is 0.0790. The van der Waals surface area contributed by atoms with Gasteiger partial charge in [0.1, 0.15) is 11.2 Å². The number of aromatic nitrogens is 2. The Morgan fingerprint density at radius 2 is 0.613 bits per heavy atom. The van der Waals surface area contributed by atoms with E-state index in [1.807, 2.05) is 0 Å². The molecule has 0 bridgehead atoms. The highest BCUT2D eigenvalue weighted by Gasteiger charge is 2.29. The second-order valence-corrected chi connectivity index (χ2v) is 24.1. The first-order chi connectivity index (χ1) is 39.0. The lowest BCUT2D eigenvalue weighted by atomic mass is 9.86. The van der Waals surface area contributed by atoms with Crippen LogP contribution in [0.5, 0.6) is 0 Å². The highest BCUT2D eigenvalue weighted by Crippen LogP contribution is 2.50. The average Bonchev–Trinajstić information content (AvgIpc) is 4.44. The summed E-state index contributed by atoms with van der Waals surface area (Å²) in [7, 11) is 0. The van der Waals surface area contributed by atoms with E-state index >= 15 is 0 Å². The van der Waals surface area contributed by atoms with Crippen molar-refractivity contribution in [2.45, 2.75) is 52.4 Å². The minimum Gasteiger partial charge on any atom is -0.454 e. The van der Waals surface area contributed by atoms with Crippen LogP contribution >= 0.6 is 0 Å². The van der Waals surface area contributed by atoms with E-state index in [9.17, 15) is 0 Å². The normalized spacial score (nSPS) is 12.9. The molecule has 6 aromatic heterocycles. The fourth-order valence-electron chi connectivity index (χ4n) is 13.9. The summed E-state index contributed by atoms with van der Waals surface area (Å²) in [5, 5.41) is 14.4. The number of benzene rings is 11. The number of hydrogen-bond acceptors (Lipinski definition) is 4. The first-order valence-corrected chi connectivity index (χ1v) is 27.9. The molecule has 0 aliphatic heterocycles. The number of furan rings is 2. The third kappa shape index (κ3) is 6.13. The lowest BCUT2D eigenvalue weighted by molar-refractivity contribution is 0.572. The molecule has 17 aromatic rings. The second-order valence-electron chi connectivity index (χ2n) is 24.1. The zero-order chi connectivity index (χ0) is 53.5. The maximum atomic E-state index is 7.02. The third-order valence-electron chi connectivity index (χ3n) is 17.4. The Hall–Kier alpha value is -9.78. The summed E-state index contributed by atoms with van der Waals surface area (Å²) in [6.45, 7) is 13.5. The van der Waals surface area contributed by atoms with E-state index in [1.54, 1.807) is 0 Å². The number of rotatable bonds is 6. The molecule has 17 rings (SSSR count). The maximum absolute atomic E-state index is 7.02. The van der Waals surface area contributed by atoms with E-state index in [4.69, 9.17) is 8.83 Å². The monoisotopic (exact) mass is 1030 g/mol. The molecule has 6 heterocycles. The molecule has 6 heteroatoms. The molecular formula is C74H54N4O2. The smallest absolute Gasteiger partial charge is 0.159 e. The lowest BCUT2D eigenvalue weighted by Crippen LogP contribution is -2.11. The molecule has 0 atom stereocenters. The van der Waals surface area contributed by atoms with Crippen LogP contribution in [0.2, 0.25) is 0 Å². The molecule has 0 N–H and O–H groups in total. The van der Waals surface area contributed by atoms with E-state index in [-0.39, 0.29) is 10.8 Å². The van der Waals surface area contributed by atoms with Crippen LogP contribution in [0.15, 0.2) is 227 Å². The van der Waals surface area contributed by atoms with Crippen molar-refractivity contribution >= 4 is 154 Å². The summed E-state index contributed by atoms with van der Waals surface area (Å²) in [6.07, 6.45) is 0. The van der Waals surface area contributed by atoms with E-state index in [1.165, 1.54) is 87.3 Å². The van der Waals surface area contributed by atoms with Crippen LogP contribution in [0, 0.1) is 0 Å². The van der Waals surface area contributed by atoms with Crippen LogP contribution in [0.3, 0.4) is 0 Å². The van der Waals surface area contributed by atoms with Gasteiger partial charge in [-0.2, -0.15) is 0 Å². The fraction of sp³-hybridized carbons (Fsp3) is 0.108. The largest absolute Gasteiger partial charge is 0.454 e. The molecule has 0 fully saturated rings. The molecule has 0 spiro atoms. The van der Waals surface area contributed by atoms with Gasteiger partial charge in [0.25, 0.3) is 0 Å². The SMILES string of the molecule is CC(C)(C)c1cccc2c1oc1c(N(c3ccccc3)c3ccc4c(c3)c3cccc5c6cc7c(cc6n4c35)c3cccc4c5cc(N(c6ccccc6)c6cccc8c6oc6c(C(C)(C)C)cccc68)ccc5n7c43)cccc12. The Morgan fingerprint density at radius 3 is 1.00 bits per heavy atom. The predicted molar refractivity (Wildman–Crippen MR) is 337 cm³/mol. The molecule has 0 saturated heterocycles. The van der Waals surface area contributed by atoms with E-state index in [0.717, 1.165) is 78.0 Å². The predicted octanol–water partition coefficient (Wildman–Crippen LogP) is 21.3. The van der Waals surface area contributed by atoms with Crippen LogP contribution in [-0.2, 0) is 10.8 Å². The van der Waals surface area contributed by atoms with Crippen LogP contribution in [0.1, 0.15) is 52.7 Å². The summed E-state index contributed by atoms with van der Waals surface area (Å²) < 4.78 is 19.1. The molecule has 11 aromatic carbocycles. The van der Waals surface area contributed by atoms with Crippen molar-refractivity contribution in [2.75, 3.05) is 9.80 Å². The van der Waals surface area contributed by atoms with E-state index in [0.29, 0.717) is 0 Å². The maximum Gasteiger partial charge on any atom is 0.159 e. The van der Waals surface area contributed by atoms with Gasteiger partial charge in [-0.15, -0.1) is 0 Å². The summed E-state index contributed by atoms with van der Waals surface area (Å²) in [4.78, 5) is 4.73. The highest BCUT2D eigenvalue weighted by molar-refractivity contribution is 6.29. The molecule has 0 aliphatic carbocycles. The van der Waals surface area contributed by atoms with Gasteiger partial charge in [0.15, 0.2) is 11.2 Å². The van der Waals surface area contributed by atoms with Gasteiger partial charge in [-0.05, 0) is 95.8 Å². The Bertz CT molecular complexity index is 5050. The lowest BCUT2D eigenvalue weighted by Gasteiger charge is -2.25. The molecule has 0 amide bonds. The van der Waals surface area contributed by atoms with E-state index < -0.39 is 0 Å². The first kappa shape index (κ1) is 45.3. The van der Waals surface area contributed by atoms with Gasteiger partial charge in [0.05, 0.1) is 44.5 Å². The van der Waals surface area contributed by atoms with Gasteiger partial charge in [-0.25, -0.2) is 0 Å². The number of anilines is 6. The van der Waals surface area contributed by atoms with Crippen molar-refractivity contribution in [1.29, 1.82) is 0 Å². The molecule has 80 heavy (non-hydrogen) atoms. The Kier molecular flexibility index (Phi) is 9.01. The molecule has 6 nitrogen and oxygen atoms in total. The van der Waals surface area contributed by atoms with Gasteiger partial charge in [0.2, 0.25) is 0 Å². The standard InChI is InChI=1S/C74H54N4O2/c1-73(2,3)59-31-15-27-51-53-29-17-33-63(71(53)79-69(51)59)75(43-19-9-7-10-20-43)45-35-37-61-55(39-45)47-23-13-25-49-57-42-66-58(41-65(57)77(61)67(47)49)50-26-14-24-48-56-40-46(36-38-62(56)78(66)68(48)50)76(44-21-11-8-12-22-44)64-34-18-30-54-52-28-16-32-60(74(4,5)6)70(52)80-72(54)64/h7-42H,1-6H3. The molecule has 382 valence electrons. The Labute approximate surface area is 461 Å². The number of nitrogens with zero attached hydrogens (tertiary/aromatic N) is 4. The van der Waals surface area contributed by atoms with Crippen molar-refractivity contribution < 1.29 is 8.83 Å². The zero-order valence-corrected chi connectivity index (χ0v) is 45.4. The van der Waals surface area contributed by atoms with Crippen molar-refractivity contribution in [1.82, 2.24) is 8.80 Å². The molecule has 0 aliphatic rings. The van der Waals surface area contributed by atoms with Crippen LogP contribution in [-0.4, -0.2) is 8.80 Å². The topological polar surface area (TPSA) is 41.6 Å². The van der Waals surface area contributed by atoms with Crippen molar-refractivity contribution in [2.24, 2.45) is 0 Å². The van der Waals surface area contributed by atoms with Crippen LogP contribution in [0.4, 0.5) is 34.1 Å². The summed E-state index contributed by atoms with van der Waals surface area (Å²) in [6, 6.07) is 80.3. The quantitative estimate of drug-likeness (QED) is 0.166. The Balaban J connectivity index is 0.843. The first-order valence-electron chi connectivity index (χ1n) is 27.9. The minimum atomic E-state index is -0.0790.